The molecule has 0 spiro atoms. The SMILES string of the molecule is O=C1c2ccccc2C(=O)N1CCCC#CB1Nc2cccc3cccc(c23)N1. The van der Waals surface area contributed by atoms with Crippen LogP contribution in [-0.4, -0.2) is 30.2 Å². The Morgan fingerprint density at radius 3 is 2.07 bits per heavy atom. The molecular formula is C23H18BN3O2. The van der Waals surface area contributed by atoms with Crippen molar-refractivity contribution in [2.24, 2.45) is 0 Å². The van der Waals surface area contributed by atoms with Crippen LogP contribution >= 0.6 is 0 Å². The number of unbranched alkanes of at least 4 members (excludes halogenated alkanes) is 1. The van der Waals surface area contributed by atoms with Gasteiger partial charge in [0.25, 0.3) is 11.8 Å². The molecule has 0 radical (unpaired) electrons. The Kier molecular flexibility index (Phi) is 4.21. The molecule has 0 saturated heterocycles. The summed E-state index contributed by atoms with van der Waals surface area (Å²) in [7, 11) is 0. The van der Waals surface area contributed by atoms with E-state index in [4.69, 9.17) is 0 Å². The number of carbonyl (C=O) groups excluding carboxylic acids is 2. The maximum atomic E-state index is 12.4. The number of carbonyl (C=O) groups is 2. The Morgan fingerprint density at radius 2 is 1.45 bits per heavy atom. The van der Waals surface area contributed by atoms with Gasteiger partial charge in [0, 0.05) is 29.7 Å². The summed E-state index contributed by atoms with van der Waals surface area (Å²) in [6.45, 7) is 0.212. The zero-order valence-electron chi connectivity index (χ0n) is 15.7. The van der Waals surface area contributed by atoms with Crippen molar-refractivity contribution in [2.75, 3.05) is 17.0 Å². The molecule has 2 amide bonds. The zero-order valence-corrected chi connectivity index (χ0v) is 15.7. The summed E-state index contributed by atoms with van der Waals surface area (Å²) >= 11 is 0. The molecule has 3 aromatic carbocycles. The van der Waals surface area contributed by atoms with Crippen LogP contribution in [-0.2, 0) is 0 Å². The number of fused-ring (bicyclic) bond motifs is 1. The predicted molar refractivity (Wildman–Crippen MR) is 116 cm³/mol. The summed E-state index contributed by atoms with van der Waals surface area (Å²) in [5.41, 5.74) is 3.13. The number of anilines is 2. The highest BCUT2D eigenvalue weighted by Gasteiger charge is 2.34. The van der Waals surface area contributed by atoms with Gasteiger partial charge in [-0.05, 0) is 36.1 Å². The first-order chi connectivity index (χ1) is 14.2. The third-order valence-corrected chi connectivity index (χ3v) is 5.31. The van der Waals surface area contributed by atoms with Gasteiger partial charge in [0.1, 0.15) is 0 Å². The van der Waals surface area contributed by atoms with E-state index in [1.807, 2.05) is 12.1 Å². The van der Waals surface area contributed by atoms with Crippen molar-refractivity contribution in [1.29, 1.82) is 0 Å². The van der Waals surface area contributed by atoms with Crippen LogP contribution < -0.4 is 10.5 Å². The molecule has 0 saturated carbocycles. The Bertz CT molecular complexity index is 1140. The van der Waals surface area contributed by atoms with Crippen LogP contribution in [0.2, 0.25) is 0 Å². The fourth-order valence-electron chi connectivity index (χ4n) is 3.94. The van der Waals surface area contributed by atoms with Gasteiger partial charge >= 0.3 is 6.98 Å². The normalized spacial score (nSPS) is 14.2. The minimum atomic E-state index is -0.209. The second-order valence-corrected chi connectivity index (χ2v) is 7.16. The van der Waals surface area contributed by atoms with Crippen molar-refractivity contribution >= 4 is 40.9 Å². The monoisotopic (exact) mass is 379 g/mol. The fourth-order valence-corrected chi connectivity index (χ4v) is 3.94. The molecule has 6 heteroatoms. The van der Waals surface area contributed by atoms with E-state index in [-0.39, 0.29) is 18.8 Å². The molecule has 0 fully saturated rings. The number of benzene rings is 3. The van der Waals surface area contributed by atoms with Gasteiger partial charge < -0.3 is 10.5 Å². The van der Waals surface area contributed by atoms with Crippen LogP contribution in [0.3, 0.4) is 0 Å². The van der Waals surface area contributed by atoms with Crippen molar-refractivity contribution in [2.45, 2.75) is 12.8 Å². The van der Waals surface area contributed by atoms with Crippen molar-refractivity contribution in [1.82, 2.24) is 4.90 Å². The lowest BCUT2D eigenvalue weighted by atomic mass is 9.74. The molecular weight excluding hydrogens is 361 g/mol. The summed E-state index contributed by atoms with van der Waals surface area (Å²) in [4.78, 5) is 26.1. The summed E-state index contributed by atoms with van der Waals surface area (Å²) in [6, 6.07) is 19.3. The van der Waals surface area contributed by atoms with E-state index >= 15 is 0 Å². The van der Waals surface area contributed by atoms with Crippen LogP contribution in [0.5, 0.6) is 0 Å². The lowest BCUT2D eigenvalue weighted by Gasteiger charge is -2.23. The van der Waals surface area contributed by atoms with Gasteiger partial charge in [0.05, 0.1) is 11.1 Å². The van der Waals surface area contributed by atoms with Crippen LogP contribution in [0, 0.1) is 11.7 Å². The molecule has 0 unspecified atom stereocenters. The Labute approximate surface area is 169 Å². The van der Waals surface area contributed by atoms with E-state index in [1.54, 1.807) is 24.3 Å². The fraction of sp³-hybridized carbons (Fsp3) is 0.130. The van der Waals surface area contributed by atoms with Gasteiger partial charge in [-0.2, -0.15) is 0 Å². The van der Waals surface area contributed by atoms with E-state index < -0.39 is 0 Å². The number of hydrogen-bond donors (Lipinski definition) is 2. The average molecular weight is 379 g/mol. The van der Waals surface area contributed by atoms with Gasteiger partial charge in [-0.1, -0.05) is 42.2 Å². The van der Waals surface area contributed by atoms with Crippen LogP contribution in [0.4, 0.5) is 11.4 Å². The highest BCUT2D eigenvalue weighted by molar-refractivity contribution is 6.75. The number of imide groups is 1. The van der Waals surface area contributed by atoms with Gasteiger partial charge in [-0.15, -0.1) is 5.92 Å². The van der Waals surface area contributed by atoms with Crippen LogP contribution in [0.1, 0.15) is 33.6 Å². The number of hydrogen-bond acceptors (Lipinski definition) is 4. The van der Waals surface area contributed by atoms with Crippen molar-refractivity contribution in [3.63, 3.8) is 0 Å². The quantitative estimate of drug-likeness (QED) is 0.315. The lowest BCUT2D eigenvalue weighted by Crippen LogP contribution is -2.36. The highest BCUT2D eigenvalue weighted by atomic mass is 16.2. The molecule has 5 rings (SSSR count). The second kappa shape index (κ2) is 7.03. The standard InChI is InChI=1S/C23H18BN3O2/c28-22-17-10-2-3-11-18(17)23(29)27(22)15-5-1-4-14-24-25-19-12-6-8-16-9-7-13-20(26-24)21(16)19/h2-3,6-13,25-26H,1,5,15H2. The molecule has 2 N–H and O–H groups in total. The molecule has 2 aliphatic rings. The average Bonchev–Trinajstić information content (AvgIpc) is 2.99. The van der Waals surface area contributed by atoms with E-state index in [0.29, 0.717) is 30.5 Å². The third-order valence-electron chi connectivity index (χ3n) is 5.31. The van der Waals surface area contributed by atoms with Crippen molar-refractivity contribution < 1.29 is 9.59 Å². The summed E-state index contributed by atoms with van der Waals surface area (Å²) in [5, 5.41) is 9.20. The minimum Gasteiger partial charge on any atom is -0.398 e. The largest absolute Gasteiger partial charge is 0.460 e. The zero-order chi connectivity index (χ0) is 19.8. The molecule has 0 atom stereocenters. The second-order valence-electron chi connectivity index (χ2n) is 7.16. The smallest absolute Gasteiger partial charge is 0.398 e. The molecule has 2 heterocycles. The van der Waals surface area contributed by atoms with Gasteiger partial charge in [-0.25, -0.2) is 0 Å². The first-order valence-corrected chi connectivity index (χ1v) is 9.71. The molecule has 5 nitrogen and oxygen atoms in total. The molecule has 0 aromatic heterocycles. The number of nitrogens with zero attached hydrogens (tertiary/aromatic N) is 1. The van der Waals surface area contributed by atoms with Gasteiger partial charge in [0.2, 0.25) is 0 Å². The first kappa shape index (κ1) is 17.4. The number of rotatable bonds is 3. The van der Waals surface area contributed by atoms with E-state index in [2.05, 4.69) is 46.5 Å². The predicted octanol–water partition coefficient (Wildman–Crippen LogP) is 3.78. The molecule has 0 bridgehead atoms. The van der Waals surface area contributed by atoms with E-state index in [9.17, 15) is 9.59 Å². The number of nitrogens with one attached hydrogen (secondary N) is 2. The molecule has 140 valence electrons. The maximum absolute atomic E-state index is 12.4. The Morgan fingerprint density at radius 1 is 0.828 bits per heavy atom. The van der Waals surface area contributed by atoms with E-state index in [0.717, 1.165) is 11.4 Å². The molecule has 2 aliphatic heterocycles. The number of amides is 2. The van der Waals surface area contributed by atoms with Crippen molar-refractivity contribution in [3.8, 4) is 11.7 Å². The summed E-state index contributed by atoms with van der Waals surface area (Å²) < 4.78 is 0. The van der Waals surface area contributed by atoms with Crippen molar-refractivity contribution in [3.05, 3.63) is 71.8 Å². The lowest BCUT2D eigenvalue weighted by molar-refractivity contribution is 0.0653. The van der Waals surface area contributed by atoms with Crippen LogP contribution in [0.25, 0.3) is 10.8 Å². The summed E-state index contributed by atoms with van der Waals surface area (Å²) in [6.07, 6.45) is 1.26. The Hall–Kier alpha value is -3.72. The third kappa shape index (κ3) is 3.01. The van der Waals surface area contributed by atoms with Gasteiger partial charge in [0.15, 0.2) is 0 Å². The molecule has 0 aliphatic carbocycles. The van der Waals surface area contributed by atoms with E-state index in [1.165, 1.54) is 15.7 Å². The maximum Gasteiger partial charge on any atom is 0.460 e. The Balaban J connectivity index is 1.20. The molecule has 3 aromatic rings. The minimum absolute atomic E-state index is 0.171. The van der Waals surface area contributed by atoms with Gasteiger partial charge in [-0.3, -0.25) is 14.5 Å². The first-order valence-electron chi connectivity index (χ1n) is 9.71. The summed E-state index contributed by atoms with van der Waals surface area (Å²) in [5.74, 6) is 5.96. The molecule has 29 heavy (non-hydrogen) atoms. The highest BCUT2D eigenvalue weighted by Crippen LogP contribution is 2.33. The van der Waals surface area contributed by atoms with Crippen LogP contribution in [0.15, 0.2) is 60.7 Å². The topological polar surface area (TPSA) is 61.4 Å².